The lowest BCUT2D eigenvalue weighted by Gasteiger charge is -2.46. The minimum absolute atomic E-state index is 0.441. The summed E-state index contributed by atoms with van der Waals surface area (Å²) in [6, 6.07) is 0. The molecule has 10 atom stereocenters. The van der Waals surface area contributed by atoms with Crippen LogP contribution in [0.15, 0.2) is 0 Å². The summed E-state index contributed by atoms with van der Waals surface area (Å²) in [4.78, 5) is 0. The van der Waals surface area contributed by atoms with Crippen molar-refractivity contribution in [3.05, 3.63) is 0 Å². The summed E-state index contributed by atoms with van der Waals surface area (Å²) < 4.78 is 16.5. The zero-order valence-corrected chi connectivity index (χ0v) is 13.1. The van der Waals surface area contributed by atoms with Crippen molar-refractivity contribution in [2.24, 2.45) is 5.92 Å². The number of hydrogen-bond acceptors (Lipinski definition) is 9. The molecule has 136 valence electrons. The number of hydrogen-bond donors (Lipinski definition) is 6. The van der Waals surface area contributed by atoms with Gasteiger partial charge in [0.2, 0.25) is 0 Å². The van der Waals surface area contributed by atoms with E-state index >= 15 is 0 Å². The molecule has 0 aliphatic carbocycles. The van der Waals surface area contributed by atoms with Crippen LogP contribution in [-0.4, -0.2) is 99.0 Å². The van der Waals surface area contributed by atoms with E-state index in [9.17, 15) is 25.5 Å². The van der Waals surface area contributed by atoms with Crippen molar-refractivity contribution in [3.8, 4) is 0 Å². The Morgan fingerprint density at radius 2 is 1.30 bits per heavy atom. The summed E-state index contributed by atoms with van der Waals surface area (Å²) in [5.74, 6) is -0.625. The molecule has 0 spiro atoms. The van der Waals surface area contributed by atoms with Gasteiger partial charge in [0.05, 0.1) is 25.4 Å². The van der Waals surface area contributed by atoms with Crippen LogP contribution in [0.5, 0.6) is 0 Å². The molecule has 6 N–H and O–H groups in total. The van der Waals surface area contributed by atoms with E-state index in [4.69, 9.17) is 19.3 Å². The molecule has 0 aromatic rings. The van der Waals surface area contributed by atoms with E-state index in [0.29, 0.717) is 0 Å². The third-order valence-corrected chi connectivity index (χ3v) is 4.58. The Morgan fingerprint density at radius 1 is 0.783 bits per heavy atom. The predicted molar refractivity (Wildman–Crippen MR) is 75.2 cm³/mol. The number of ether oxygens (including phenoxy) is 3. The standard InChI is InChI=1S/C14H26O9/c1-5-9(17)10(18)8(4-16)22-14(5)23-13-6(2)21-7(3-15)11(19)12(13)20/h5-20H,3-4H2,1-2H3/t5?,6?,7?,8-,9?,10+,11+,12-,13-,14-/m0/s1. The Morgan fingerprint density at radius 3 is 1.87 bits per heavy atom. The summed E-state index contributed by atoms with van der Waals surface area (Å²) in [5, 5.41) is 58.3. The van der Waals surface area contributed by atoms with Crippen LogP contribution in [-0.2, 0) is 14.2 Å². The Balaban J connectivity index is 2.08. The van der Waals surface area contributed by atoms with Crippen LogP contribution in [0.4, 0.5) is 0 Å². The van der Waals surface area contributed by atoms with Crippen molar-refractivity contribution in [1.29, 1.82) is 0 Å². The Hall–Kier alpha value is -0.360. The van der Waals surface area contributed by atoms with Crippen LogP contribution in [0.1, 0.15) is 13.8 Å². The van der Waals surface area contributed by atoms with Gasteiger partial charge in [-0.25, -0.2) is 0 Å². The van der Waals surface area contributed by atoms with Gasteiger partial charge in [0.25, 0.3) is 0 Å². The highest BCUT2D eigenvalue weighted by Crippen LogP contribution is 2.31. The van der Waals surface area contributed by atoms with Gasteiger partial charge >= 0.3 is 0 Å². The lowest BCUT2D eigenvalue weighted by molar-refractivity contribution is -0.328. The fraction of sp³-hybridized carbons (Fsp3) is 1.00. The molecule has 0 aromatic carbocycles. The average molecular weight is 338 g/mol. The average Bonchev–Trinajstić information content (AvgIpc) is 2.54. The number of rotatable bonds is 4. The van der Waals surface area contributed by atoms with Gasteiger partial charge in [0.1, 0.15) is 36.6 Å². The molecule has 0 amide bonds. The molecule has 23 heavy (non-hydrogen) atoms. The van der Waals surface area contributed by atoms with Gasteiger partial charge in [-0.1, -0.05) is 6.92 Å². The van der Waals surface area contributed by atoms with Crippen LogP contribution < -0.4 is 0 Å². The summed E-state index contributed by atoms with van der Waals surface area (Å²) in [6.07, 6.45) is -9.59. The maximum Gasteiger partial charge on any atom is 0.163 e. The van der Waals surface area contributed by atoms with Crippen LogP contribution in [0.3, 0.4) is 0 Å². The topological polar surface area (TPSA) is 149 Å². The zero-order valence-electron chi connectivity index (χ0n) is 13.1. The molecular formula is C14H26O9. The van der Waals surface area contributed by atoms with E-state index in [0.717, 1.165) is 0 Å². The molecule has 2 aliphatic heterocycles. The first-order chi connectivity index (χ1) is 10.8. The van der Waals surface area contributed by atoms with E-state index in [-0.39, 0.29) is 0 Å². The lowest BCUT2D eigenvalue weighted by atomic mass is 9.91. The summed E-state index contributed by atoms with van der Waals surface area (Å²) in [6.45, 7) is 2.27. The molecule has 2 saturated heterocycles. The van der Waals surface area contributed by atoms with Gasteiger partial charge in [0, 0.05) is 5.92 Å². The lowest BCUT2D eigenvalue weighted by Crippen LogP contribution is -2.62. The molecule has 2 heterocycles. The maximum atomic E-state index is 10.2. The smallest absolute Gasteiger partial charge is 0.163 e. The fourth-order valence-electron chi connectivity index (χ4n) is 3.00. The van der Waals surface area contributed by atoms with E-state index in [1.54, 1.807) is 13.8 Å². The third-order valence-electron chi connectivity index (χ3n) is 4.58. The molecule has 0 saturated carbocycles. The summed E-state index contributed by atoms with van der Waals surface area (Å²) in [7, 11) is 0. The Bertz CT molecular complexity index is 379. The second kappa shape index (κ2) is 7.68. The van der Waals surface area contributed by atoms with Crippen LogP contribution in [0.2, 0.25) is 0 Å². The Kier molecular flexibility index (Phi) is 6.34. The molecule has 0 aromatic heterocycles. The molecular weight excluding hydrogens is 312 g/mol. The van der Waals surface area contributed by atoms with Crippen molar-refractivity contribution in [3.63, 3.8) is 0 Å². The summed E-state index contributed by atoms with van der Waals surface area (Å²) in [5.41, 5.74) is 0. The highest BCUT2D eigenvalue weighted by molar-refractivity contribution is 4.93. The monoisotopic (exact) mass is 338 g/mol. The van der Waals surface area contributed by atoms with Crippen molar-refractivity contribution in [2.75, 3.05) is 13.2 Å². The fourth-order valence-corrected chi connectivity index (χ4v) is 3.00. The first kappa shape index (κ1) is 19.0. The van der Waals surface area contributed by atoms with Crippen molar-refractivity contribution < 1.29 is 44.8 Å². The first-order valence-electron chi connectivity index (χ1n) is 7.72. The second-order valence-corrected chi connectivity index (χ2v) is 6.21. The van der Waals surface area contributed by atoms with E-state index in [1.165, 1.54) is 0 Å². The van der Waals surface area contributed by atoms with E-state index in [1.807, 2.05) is 0 Å². The maximum absolute atomic E-state index is 10.2. The molecule has 2 rings (SSSR count). The van der Waals surface area contributed by atoms with E-state index < -0.39 is 74.3 Å². The third kappa shape index (κ3) is 3.68. The SMILES string of the molecule is CC1C(O)[C@H](O)[C@H](CO)O[C@H]1O[C@H]1C(C)OC(CO)[C@@H](O)[C@@H]1O. The largest absolute Gasteiger partial charge is 0.394 e. The molecule has 4 unspecified atom stereocenters. The van der Waals surface area contributed by atoms with Crippen molar-refractivity contribution >= 4 is 0 Å². The van der Waals surface area contributed by atoms with Gasteiger partial charge in [0.15, 0.2) is 6.29 Å². The van der Waals surface area contributed by atoms with Crippen molar-refractivity contribution in [1.82, 2.24) is 0 Å². The molecule has 9 heteroatoms. The zero-order chi connectivity index (χ0) is 17.3. The van der Waals surface area contributed by atoms with Crippen molar-refractivity contribution in [2.45, 2.75) is 69.0 Å². The van der Waals surface area contributed by atoms with Gasteiger partial charge in [-0.2, -0.15) is 0 Å². The van der Waals surface area contributed by atoms with E-state index in [2.05, 4.69) is 0 Å². The quantitative estimate of drug-likeness (QED) is 0.314. The molecule has 2 fully saturated rings. The second-order valence-electron chi connectivity index (χ2n) is 6.21. The Labute approximate surface area is 134 Å². The van der Waals surface area contributed by atoms with Gasteiger partial charge in [-0.3, -0.25) is 0 Å². The minimum atomic E-state index is -1.33. The molecule has 0 radical (unpaired) electrons. The predicted octanol–water partition coefficient (Wildman–Crippen LogP) is -3.05. The molecule has 0 bridgehead atoms. The first-order valence-corrected chi connectivity index (χ1v) is 7.72. The highest BCUT2D eigenvalue weighted by Gasteiger charge is 2.48. The normalized spacial score (nSPS) is 51.7. The number of aliphatic hydroxyl groups excluding tert-OH is 6. The van der Waals surface area contributed by atoms with Gasteiger partial charge in [-0.05, 0) is 6.92 Å². The van der Waals surface area contributed by atoms with Crippen LogP contribution >= 0.6 is 0 Å². The summed E-state index contributed by atoms with van der Waals surface area (Å²) >= 11 is 0. The van der Waals surface area contributed by atoms with Gasteiger partial charge in [-0.15, -0.1) is 0 Å². The van der Waals surface area contributed by atoms with Gasteiger partial charge < -0.3 is 44.8 Å². The van der Waals surface area contributed by atoms with Crippen LogP contribution in [0, 0.1) is 5.92 Å². The number of aliphatic hydroxyl groups is 6. The molecule has 9 nitrogen and oxygen atoms in total. The highest BCUT2D eigenvalue weighted by atomic mass is 16.7. The molecule has 2 aliphatic rings. The minimum Gasteiger partial charge on any atom is -0.394 e. The van der Waals surface area contributed by atoms with Crippen LogP contribution in [0.25, 0.3) is 0 Å².